The van der Waals surface area contributed by atoms with Crippen molar-refractivity contribution in [2.24, 2.45) is 29.6 Å². The van der Waals surface area contributed by atoms with Crippen molar-refractivity contribution in [2.45, 2.75) is 180 Å². The monoisotopic (exact) mass is 862 g/mol. The molecule has 5 rings (SSSR count). The van der Waals surface area contributed by atoms with Crippen molar-refractivity contribution in [3.05, 3.63) is 47.8 Å². The first-order valence-electron chi connectivity index (χ1n) is 21.6. The second-order valence-electron chi connectivity index (χ2n) is 22.3. The Morgan fingerprint density at radius 2 is 1.57 bits per heavy atom. The van der Waals surface area contributed by atoms with Gasteiger partial charge in [0.1, 0.15) is 29.6 Å². The van der Waals surface area contributed by atoms with Crippen LogP contribution >= 0.6 is 10.2 Å². The maximum absolute atomic E-state index is 14.6. The highest BCUT2D eigenvalue weighted by molar-refractivity contribution is 8.32. The van der Waals surface area contributed by atoms with Gasteiger partial charge < -0.3 is 31.8 Å². The predicted octanol–water partition coefficient (Wildman–Crippen LogP) is 10.6. The van der Waals surface area contributed by atoms with Crippen LogP contribution in [0.3, 0.4) is 0 Å². The molecule has 9 nitrogen and oxygen atoms in total. The van der Waals surface area contributed by atoms with Gasteiger partial charge in [-0.05, 0) is 86.8 Å². The second kappa shape index (κ2) is 15.9. The van der Waals surface area contributed by atoms with Crippen molar-refractivity contribution >= 4 is 38.8 Å². The topological polar surface area (TPSA) is 94.5 Å². The van der Waals surface area contributed by atoms with Crippen LogP contribution in [-0.4, -0.2) is 99.1 Å². The fourth-order valence-electron chi connectivity index (χ4n) is 9.27. The third-order valence-electron chi connectivity index (χ3n) is 15.5. The summed E-state index contributed by atoms with van der Waals surface area (Å²) in [5.41, 5.74) is 0.794. The standard InChI is InChI=1S/C46H79NO8SSi2/c1-28-26-29(2)46-32(27-35(50-14)42(49)51-37(28)31(4)54-57(17,18)44(8,9)10)23-24-33-36(46)38(55-58(19,20)45(11,12)13)30(3)39(40(33)53-46)52-41(48)34-22-21-25-47(34)56(15,16)43(5,6)7/h21-26,28,30-33,35-40H,27H2,1-20H3/b29-26+/t28-,30-,31-,32-,33-,35+,36+,37+,38-,39-,40-,46+/m1/s1. The zero-order valence-corrected chi connectivity index (χ0v) is 42.5. The quantitative estimate of drug-likeness (QED) is 0.138. The fourth-order valence-corrected chi connectivity index (χ4v) is 13.7. The van der Waals surface area contributed by atoms with E-state index in [4.69, 9.17) is 27.8 Å². The van der Waals surface area contributed by atoms with E-state index in [0.717, 1.165) is 5.57 Å². The highest BCUT2D eigenvalue weighted by atomic mass is 32.3. The third-order valence-corrected chi connectivity index (χ3v) is 28.9. The SMILES string of the molecule is CO[C@H]1C[C@H]2C=C[C@H]3[C@H]4O[C@]2(/C(C)=C/[C@@H](C)[C@@H]([C@@H](C)O[Si](C)(C)C(C)(C)C)OC1=O)[C@@H]3[C@H](O[Si](C)(C)C(C)(C)C)[C@@H](C)[C@H]4OC(=O)c1cccn1S(C)(C)C(C)(C)C. The molecule has 0 radical (unpaired) electrons. The molecule has 1 saturated carbocycles. The summed E-state index contributed by atoms with van der Waals surface area (Å²) >= 11 is 0. The van der Waals surface area contributed by atoms with Crippen molar-refractivity contribution in [1.29, 1.82) is 0 Å². The first-order valence-corrected chi connectivity index (χ1v) is 29.8. The first kappa shape index (κ1) is 47.4. The molecule has 1 aromatic heterocycles. The number of hydrogen-bond donors (Lipinski definition) is 0. The maximum atomic E-state index is 14.6. The number of methoxy groups -OCH3 is 1. The lowest BCUT2D eigenvalue weighted by Gasteiger charge is -2.53. The highest BCUT2D eigenvalue weighted by Crippen LogP contribution is 2.63. The van der Waals surface area contributed by atoms with E-state index in [1.165, 1.54) is 0 Å². The van der Waals surface area contributed by atoms with Crippen molar-refractivity contribution < 1.29 is 37.4 Å². The van der Waals surface area contributed by atoms with Crippen LogP contribution in [0, 0.1) is 29.6 Å². The summed E-state index contributed by atoms with van der Waals surface area (Å²) in [7, 11) is -4.44. The van der Waals surface area contributed by atoms with Gasteiger partial charge in [-0.1, -0.05) is 94.4 Å². The van der Waals surface area contributed by atoms with Crippen LogP contribution in [-0.2, 0) is 32.6 Å². The Morgan fingerprint density at radius 1 is 0.966 bits per heavy atom. The van der Waals surface area contributed by atoms with Crippen molar-refractivity contribution in [1.82, 2.24) is 3.97 Å². The van der Waals surface area contributed by atoms with Gasteiger partial charge in [0, 0.05) is 47.6 Å². The molecule has 4 aliphatic rings. The van der Waals surface area contributed by atoms with E-state index in [-0.39, 0.29) is 68.6 Å². The summed E-state index contributed by atoms with van der Waals surface area (Å²) < 4.78 is 43.4. The average Bonchev–Trinajstić information content (AvgIpc) is 3.64. The number of esters is 2. The van der Waals surface area contributed by atoms with Crippen LogP contribution in [0.4, 0.5) is 0 Å². The highest BCUT2D eigenvalue weighted by Gasteiger charge is 2.70. The van der Waals surface area contributed by atoms with E-state index in [2.05, 4.69) is 144 Å². The summed E-state index contributed by atoms with van der Waals surface area (Å²) in [5.74, 6) is -1.48. The van der Waals surface area contributed by atoms with Crippen LogP contribution in [0.15, 0.2) is 42.1 Å². The first-order chi connectivity index (χ1) is 26.3. The van der Waals surface area contributed by atoms with Gasteiger partial charge in [-0.25, -0.2) is 9.59 Å². The van der Waals surface area contributed by atoms with Crippen LogP contribution in [0.5, 0.6) is 0 Å². The van der Waals surface area contributed by atoms with Gasteiger partial charge in [0.05, 0.1) is 12.2 Å². The number of nitrogens with zero attached hydrogens (tertiary/aromatic N) is 1. The molecule has 1 spiro atoms. The molecule has 58 heavy (non-hydrogen) atoms. The molecular weight excluding hydrogens is 783 g/mol. The zero-order valence-electron chi connectivity index (χ0n) is 39.6. The number of cyclic esters (lactones) is 1. The number of rotatable bonds is 9. The van der Waals surface area contributed by atoms with Gasteiger partial charge in [-0.15, -0.1) is 0 Å². The minimum atomic E-state index is -2.38. The smallest absolute Gasteiger partial charge is 0.356 e. The van der Waals surface area contributed by atoms with E-state index in [9.17, 15) is 9.59 Å². The van der Waals surface area contributed by atoms with Crippen molar-refractivity contribution in [3.63, 3.8) is 0 Å². The molecule has 2 fully saturated rings. The van der Waals surface area contributed by atoms with Crippen molar-refractivity contribution in [2.75, 3.05) is 19.6 Å². The number of carbonyl (C=O) groups is 2. The number of hydrogen-bond acceptors (Lipinski definition) is 8. The van der Waals surface area contributed by atoms with E-state index in [0.29, 0.717) is 12.1 Å². The van der Waals surface area contributed by atoms with Crippen LogP contribution < -0.4 is 0 Å². The molecule has 0 unspecified atom stereocenters. The van der Waals surface area contributed by atoms with Gasteiger partial charge in [0.15, 0.2) is 22.7 Å². The lowest BCUT2D eigenvalue weighted by molar-refractivity contribution is -0.171. The summed E-state index contributed by atoms with van der Waals surface area (Å²) in [4.78, 5) is 28.7. The lowest BCUT2D eigenvalue weighted by Crippen LogP contribution is -2.61. The molecule has 2 aliphatic heterocycles. The number of ether oxygens (including phenoxy) is 4. The van der Waals surface area contributed by atoms with E-state index in [1.807, 2.05) is 25.3 Å². The van der Waals surface area contributed by atoms with Crippen LogP contribution in [0.2, 0.25) is 36.3 Å². The summed E-state index contributed by atoms with van der Waals surface area (Å²) in [6.07, 6.45) is 10.6. The van der Waals surface area contributed by atoms with E-state index < -0.39 is 56.9 Å². The molecule has 3 heterocycles. The normalized spacial score (nSPS) is 35.4. The molecule has 0 amide bonds. The van der Waals surface area contributed by atoms with Crippen LogP contribution in [0.25, 0.3) is 0 Å². The summed E-state index contributed by atoms with van der Waals surface area (Å²) in [6.45, 7) is 37.8. The Hall–Kier alpha value is -1.68. The second-order valence-corrected chi connectivity index (χ2v) is 36.0. The minimum absolute atomic E-state index is 0.0149. The van der Waals surface area contributed by atoms with Gasteiger partial charge in [0.25, 0.3) is 0 Å². The molecular formula is C46H79NO8SSi2. The Bertz CT molecular complexity index is 1750. The summed E-state index contributed by atoms with van der Waals surface area (Å²) in [6, 6.07) is 3.83. The number of carbonyl (C=O) groups excluding carboxylic acids is 2. The largest absolute Gasteiger partial charge is 0.457 e. The van der Waals surface area contributed by atoms with Crippen LogP contribution in [0.1, 0.15) is 107 Å². The Morgan fingerprint density at radius 3 is 2.12 bits per heavy atom. The molecule has 12 heteroatoms. The molecule has 4 bridgehead atoms. The van der Waals surface area contributed by atoms with Gasteiger partial charge in [-0.3, -0.25) is 0 Å². The molecule has 0 N–H and O–H groups in total. The van der Waals surface area contributed by atoms with E-state index in [1.54, 1.807) is 7.11 Å². The van der Waals surface area contributed by atoms with Gasteiger partial charge in [-0.2, -0.15) is 10.2 Å². The number of aromatic nitrogens is 1. The predicted molar refractivity (Wildman–Crippen MR) is 243 cm³/mol. The fraction of sp³-hybridized carbons (Fsp3) is 0.783. The molecule has 1 saturated heterocycles. The third kappa shape index (κ3) is 8.19. The van der Waals surface area contributed by atoms with Crippen molar-refractivity contribution in [3.8, 4) is 0 Å². The average molecular weight is 862 g/mol. The van der Waals surface area contributed by atoms with Gasteiger partial charge in [0.2, 0.25) is 0 Å². The lowest BCUT2D eigenvalue weighted by atomic mass is 9.57. The van der Waals surface area contributed by atoms with Gasteiger partial charge >= 0.3 is 11.9 Å². The zero-order chi connectivity index (χ0) is 43.9. The minimum Gasteiger partial charge on any atom is -0.457 e. The molecule has 2 aliphatic carbocycles. The Kier molecular flexibility index (Phi) is 13.0. The molecule has 330 valence electrons. The molecule has 12 atom stereocenters. The Balaban J connectivity index is 1.65. The summed E-state index contributed by atoms with van der Waals surface area (Å²) in [5, 5.41) is -0.0769. The van der Waals surface area contributed by atoms with E-state index >= 15 is 0 Å². The Labute approximate surface area is 355 Å². The molecule has 1 aromatic rings. The maximum Gasteiger partial charge on any atom is 0.356 e. The molecule has 0 aromatic carbocycles.